The van der Waals surface area contributed by atoms with Crippen molar-refractivity contribution in [3.05, 3.63) is 0 Å². The van der Waals surface area contributed by atoms with Gasteiger partial charge in [0.05, 0.1) is 0 Å². The van der Waals surface area contributed by atoms with Crippen molar-refractivity contribution in [1.29, 1.82) is 0 Å². The van der Waals surface area contributed by atoms with Crippen molar-refractivity contribution in [3.8, 4) is 0 Å². The zero-order chi connectivity index (χ0) is 5.15. The average molecular weight is 185 g/mol. The van der Waals surface area contributed by atoms with Gasteiger partial charge in [-0.2, -0.15) is 0 Å². The Labute approximate surface area is 71.0 Å². The van der Waals surface area contributed by atoms with Gasteiger partial charge in [0.2, 0.25) is 0 Å². The van der Waals surface area contributed by atoms with Gasteiger partial charge >= 0.3 is 5.97 Å². The minimum absolute atomic E-state index is 0. The fourth-order valence-electron chi connectivity index (χ4n) is 0. The number of aliphatic carboxylic acids is 1. The topological polar surface area (TPSA) is 57.5 Å². The number of aliphatic hydroxyl groups is 1. The molecule has 0 aromatic carbocycles. The Morgan fingerprint density at radius 1 is 1.62 bits per heavy atom. The Bertz CT molecular complexity index is 65.5. The summed E-state index contributed by atoms with van der Waals surface area (Å²) in [6.07, 6.45) is -1.23. The predicted octanol–water partition coefficient (Wildman–Crippen LogP) is -1.73. The molecule has 5 heteroatoms. The monoisotopic (exact) mass is 184 g/mol. The number of carboxylic acid groups (broad SMARTS) is 1. The molecule has 0 aliphatic carbocycles. The van der Waals surface area contributed by atoms with E-state index >= 15 is 0 Å². The minimum Gasteiger partial charge on any atom is -0.479 e. The van der Waals surface area contributed by atoms with Crippen molar-refractivity contribution in [3.63, 3.8) is 0 Å². The third kappa shape index (κ3) is 9.77. The molecule has 2 N–H and O–H groups in total. The first-order valence-corrected chi connectivity index (χ1v) is 1.55. The second kappa shape index (κ2) is 7.59. The molecule has 0 radical (unpaired) electrons. The molecule has 1 atom stereocenters. The number of carbonyl (C=O) groups is 1. The van der Waals surface area contributed by atoms with Crippen LogP contribution in [0.2, 0.25) is 0 Å². The van der Waals surface area contributed by atoms with Crippen LogP contribution in [0.25, 0.3) is 0 Å². The number of rotatable bonds is 1. The molecule has 8 heavy (non-hydrogen) atoms. The summed E-state index contributed by atoms with van der Waals surface area (Å²) in [6, 6.07) is 0. The molecule has 44 valence electrons. The number of hydrogen-bond donors (Lipinski definition) is 2. The number of aliphatic hydroxyl groups excluding tert-OH is 1. The van der Waals surface area contributed by atoms with E-state index in [-0.39, 0.29) is 36.8 Å². The molecular formula is C3H9AlO3Zn. The molecule has 0 aliphatic heterocycles. The summed E-state index contributed by atoms with van der Waals surface area (Å²) in [7, 11) is 0. The molecule has 0 aromatic heterocycles. The molecule has 0 spiro atoms. The summed E-state index contributed by atoms with van der Waals surface area (Å²) < 4.78 is 0. The van der Waals surface area contributed by atoms with Gasteiger partial charge in [0.25, 0.3) is 0 Å². The van der Waals surface area contributed by atoms with Crippen LogP contribution in [0.1, 0.15) is 6.92 Å². The first kappa shape index (κ1) is 15.8. The van der Waals surface area contributed by atoms with Crippen LogP contribution in [0.15, 0.2) is 0 Å². The van der Waals surface area contributed by atoms with Gasteiger partial charge in [-0.3, -0.25) is 0 Å². The molecule has 0 saturated heterocycles. The smallest absolute Gasteiger partial charge is 0.332 e. The molecule has 1 unspecified atom stereocenters. The van der Waals surface area contributed by atoms with Crippen LogP contribution in [0.5, 0.6) is 0 Å². The van der Waals surface area contributed by atoms with Crippen LogP contribution < -0.4 is 0 Å². The summed E-state index contributed by atoms with van der Waals surface area (Å²) in [6.45, 7) is 1.20. The van der Waals surface area contributed by atoms with Crippen molar-refractivity contribution in [2.75, 3.05) is 0 Å². The fourth-order valence-corrected chi connectivity index (χ4v) is 0. The van der Waals surface area contributed by atoms with E-state index in [0.29, 0.717) is 0 Å². The molecule has 3 nitrogen and oxygen atoms in total. The summed E-state index contributed by atoms with van der Waals surface area (Å²) in [5.74, 6) is -1.19. The fraction of sp³-hybridized carbons (Fsp3) is 0.667. The van der Waals surface area contributed by atoms with Gasteiger partial charge in [-0.1, -0.05) is 0 Å². The first-order chi connectivity index (χ1) is 2.64. The quantitative estimate of drug-likeness (QED) is 0.477. The molecule has 0 bridgehead atoms. The summed E-state index contributed by atoms with van der Waals surface area (Å²) in [5, 5.41) is 15.8. The normalized spacial score (nSPS) is 10.2. The molecule has 0 aromatic rings. The minimum atomic E-state index is -1.23. The molecule has 0 saturated carbocycles. The Balaban J connectivity index is -0.000000125. The van der Waals surface area contributed by atoms with E-state index in [9.17, 15) is 4.79 Å². The molecule has 0 amide bonds. The van der Waals surface area contributed by atoms with Gasteiger partial charge in [0, 0.05) is 19.5 Å². The third-order valence-corrected chi connectivity index (χ3v) is 0.357. The van der Waals surface area contributed by atoms with Crippen LogP contribution in [-0.2, 0) is 24.3 Å². The van der Waals surface area contributed by atoms with Gasteiger partial charge in [-0.15, -0.1) is 0 Å². The maximum Gasteiger partial charge on any atom is 0.332 e. The van der Waals surface area contributed by atoms with Gasteiger partial charge in [0.15, 0.2) is 17.4 Å². The number of carboxylic acids is 1. The van der Waals surface area contributed by atoms with E-state index in [0.717, 1.165) is 0 Å². The van der Waals surface area contributed by atoms with Crippen LogP contribution in [0.4, 0.5) is 0 Å². The third-order valence-electron chi connectivity index (χ3n) is 0.357. The van der Waals surface area contributed by atoms with Crippen molar-refractivity contribution in [2.24, 2.45) is 0 Å². The zero-order valence-electron chi connectivity index (χ0n) is 4.09. The van der Waals surface area contributed by atoms with Gasteiger partial charge in [-0.25, -0.2) is 4.79 Å². The standard InChI is InChI=1S/C3H6O3.Al.Zn.3H/c1-2(4)3(5)6;;;;;/h2,4H,1H3,(H,5,6);;;;;. The molecule has 0 fully saturated rings. The van der Waals surface area contributed by atoms with Crippen molar-refractivity contribution in [2.45, 2.75) is 13.0 Å². The Morgan fingerprint density at radius 3 is 1.75 bits per heavy atom. The van der Waals surface area contributed by atoms with E-state index in [1.165, 1.54) is 6.92 Å². The summed E-state index contributed by atoms with van der Waals surface area (Å²) in [4.78, 5) is 9.45. The Kier molecular flexibility index (Phi) is 15.0. The van der Waals surface area contributed by atoms with Crippen molar-refractivity contribution < 1.29 is 34.5 Å². The van der Waals surface area contributed by atoms with E-state index < -0.39 is 12.1 Å². The second-order valence-corrected chi connectivity index (χ2v) is 1.01. The van der Waals surface area contributed by atoms with E-state index in [2.05, 4.69) is 0 Å². The maximum absolute atomic E-state index is 9.45. The first-order valence-electron chi connectivity index (χ1n) is 1.55. The largest absolute Gasteiger partial charge is 0.479 e. The van der Waals surface area contributed by atoms with E-state index in [1.54, 1.807) is 0 Å². The predicted molar refractivity (Wildman–Crippen MR) is 29.3 cm³/mol. The van der Waals surface area contributed by atoms with Gasteiger partial charge in [0.1, 0.15) is 6.10 Å². The summed E-state index contributed by atoms with van der Waals surface area (Å²) >= 11 is 0. The van der Waals surface area contributed by atoms with Gasteiger partial charge in [-0.05, 0) is 6.92 Å². The summed E-state index contributed by atoms with van der Waals surface area (Å²) in [5.41, 5.74) is 0. The van der Waals surface area contributed by atoms with E-state index in [1.807, 2.05) is 0 Å². The molecule has 0 aliphatic rings. The second-order valence-electron chi connectivity index (χ2n) is 1.01. The van der Waals surface area contributed by atoms with Crippen LogP contribution >= 0.6 is 0 Å². The molecule has 0 rings (SSSR count). The number of hydrogen-bond acceptors (Lipinski definition) is 2. The van der Waals surface area contributed by atoms with Gasteiger partial charge < -0.3 is 10.2 Å². The zero-order valence-corrected chi connectivity index (χ0v) is 7.05. The SMILES string of the molecule is CC(O)C(=O)O.[AlH3].[Zn]. The van der Waals surface area contributed by atoms with Crippen LogP contribution in [-0.4, -0.2) is 39.6 Å². The van der Waals surface area contributed by atoms with Crippen molar-refractivity contribution >= 4 is 23.3 Å². The Morgan fingerprint density at radius 2 is 1.75 bits per heavy atom. The Hall–Kier alpha value is 0.586. The van der Waals surface area contributed by atoms with Crippen LogP contribution in [0, 0.1) is 0 Å². The maximum atomic E-state index is 9.45. The van der Waals surface area contributed by atoms with Crippen LogP contribution in [0.3, 0.4) is 0 Å². The molecule has 0 heterocycles. The average Bonchev–Trinajstić information content (AvgIpc) is 1.36. The van der Waals surface area contributed by atoms with E-state index in [4.69, 9.17) is 10.2 Å². The molecular weight excluding hydrogens is 176 g/mol. The van der Waals surface area contributed by atoms with Crippen molar-refractivity contribution in [1.82, 2.24) is 0 Å².